The summed E-state index contributed by atoms with van der Waals surface area (Å²) >= 11 is 0. The molecular formula is C22H26O4. The number of unbranched alkanes of at least 4 members (excludes halogenated alkanes) is 4. The molecule has 0 aliphatic rings. The minimum atomic E-state index is -0.960. The maximum Gasteiger partial charge on any atom is 0.335 e. The standard InChI is InChI=1S/C22H26O4/c1-2-3-4-5-6-9-18(16-12-14-17(15-13-16)21(23)24)19-10-7-8-11-20(19)22(25)26/h7-8,10-15,18H,2-6,9H2,1H3,(H,23,24)(H,25,26). The summed E-state index contributed by atoms with van der Waals surface area (Å²) in [6.45, 7) is 2.18. The van der Waals surface area contributed by atoms with Gasteiger partial charge in [-0.15, -0.1) is 0 Å². The molecule has 4 nitrogen and oxygen atoms in total. The summed E-state index contributed by atoms with van der Waals surface area (Å²) in [7, 11) is 0. The number of rotatable bonds is 10. The molecule has 138 valence electrons. The Morgan fingerprint density at radius 3 is 2.12 bits per heavy atom. The van der Waals surface area contributed by atoms with E-state index in [0.29, 0.717) is 5.56 Å². The van der Waals surface area contributed by atoms with Gasteiger partial charge in [-0.25, -0.2) is 9.59 Å². The second-order valence-electron chi connectivity index (χ2n) is 6.58. The topological polar surface area (TPSA) is 74.6 Å². The highest BCUT2D eigenvalue weighted by Crippen LogP contribution is 2.32. The largest absolute Gasteiger partial charge is 0.478 e. The second kappa shape index (κ2) is 9.76. The van der Waals surface area contributed by atoms with Crippen molar-refractivity contribution in [2.24, 2.45) is 0 Å². The summed E-state index contributed by atoms with van der Waals surface area (Å²) in [5, 5.41) is 18.6. The van der Waals surface area contributed by atoms with Crippen molar-refractivity contribution in [1.82, 2.24) is 0 Å². The van der Waals surface area contributed by atoms with Gasteiger partial charge in [-0.3, -0.25) is 0 Å². The van der Waals surface area contributed by atoms with Crippen LogP contribution in [-0.2, 0) is 0 Å². The van der Waals surface area contributed by atoms with E-state index in [2.05, 4.69) is 6.92 Å². The highest BCUT2D eigenvalue weighted by Gasteiger charge is 2.20. The molecule has 0 amide bonds. The van der Waals surface area contributed by atoms with Crippen LogP contribution in [-0.4, -0.2) is 22.2 Å². The third kappa shape index (κ3) is 5.19. The van der Waals surface area contributed by atoms with Gasteiger partial charge in [0.25, 0.3) is 0 Å². The Labute approximate surface area is 154 Å². The van der Waals surface area contributed by atoms with Crippen molar-refractivity contribution in [2.45, 2.75) is 51.4 Å². The molecule has 1 unspecified atom stereocenters. The van der Waals surface area contributed by atoms with Gasteiger partial charge in [-0.2, -0.15) is 0 Å². The lowest BCUT2D eigenvalue weighted by Crippen LogP contribution is -2.09. The van der Waals surface area contributed by atoms with Crippen molar-refractivity contribution in [3.05, 3.63) is 70.8 Å². The number of carbonyl (C=O) groups is 2. The Kier molecular flexibility index (Phi) is 7.39. The van der Waals surface area contributed by atoms with Gasteiger partial charge in [0.05, 0.1) is 11.1 Å². The number of benzene rings is 2. The predicted octanol–water partition coefficient (Wildman–Crippen LogP) is 5.58. The molecule has 2 rings (SSSR count). The summed E-state index contributed by atoms with van der Waals surface area (Å²) in [6, 6.07) is 13.9. The van der Waals surface area contributed by atoms with Crippen LogP contribution in [0.2, 0.25) is 0 Å². The molecule has 4 heteroatoms. The first kappa shape index (κ1) is 19.7. The summed E-state index contributed by atoms with van der Waals surface area (Å²) < 4.78 is 0. The number of hydrogen-bond donors (Lipinski definition) is 2. The van der Waals surface area contributed by atoms with Gasteiger partial charge in [0.1, 0.15) is 0 Å². The first-order valence-corrected chi connectivity index (χ1v) is 9.20. The first-order chi connectivity index (χ1) is 12.5. The van der Waals surface area contributed by atoms with Crippen molar-refractivity contribution in [1.29, 1.82) is 0 Å². The lowest BCUT2D eigenvalue weighted by molar-refractivity contribution is 0.0685. The van der Waals surface area contributed by atoms with E-state index in [0.717, 1.165) is 30.4 Å². The Balaban J connectivity index is 2.30. The first-order valence-electron chi connectivity index (χ1n) is 9.20. The van der Waals surface area contributed by atoms with Crippen molar-refractivity contribution in [3.8, 4) is 0 Å². The van der Waals surface area contributed by atoms with Crippen LogP contribution in [0.1, 0.15) is 83.2 Å². The van der Waals surface area contributed by atoms with E-state index in [-0.39, 0.29) is 11.5 Å². The predicted molar refractivity (Wildman–Crippen MR) is 102 cm³/mol. The minimum absolute atomic E-state index is 0.0493. The third-order valence-corrected chi connectivity index (χ3v) is 4.72. The molecule has 2 aromatic carbocycles. The summed E-state index contributed by atoms with van der Waals surface area (Å²) in [4.78, 5) is 22.7. The zero-order valence-corrected chi connectivity index (χ0v) is 15.1. The molecule has 0 fully saturated rings. The Morgan fingerprint density at radius 2 is 1.50 bits per heavy atom. The molecule has 26 heavy (non-hydrogen) atoms. The monoisotopic (exact) mass is 354 g/mol. The van der Waals surface area contributed by atoms with E-state index in [9.17, 15) is 14.7 Å². The molecular weight excluding hydrogens is 328 g/mol. The van der Waals surface area contributed by atoms with Gasteiger partial charge < -0.3 is 10.2 Å². The van der Waals surface area contributed by atoms with Gasteiger partial charge in [0.15, 0.2) is 0 Å². The number of carboxylic acid groups (broad SMARTS) is 2. The molecule has 0 saturated heterocycles. The fourth-order valence-corrected chi connectivity index (χ4v) is 3.31. The van der Waals surface area contributed by atoms with E-state index < -0.39 is 11.9 Å². The average Bonchev–Trinajstić information content (AvgIpc) is 2.65. The molecule has 0 aromatic heterocycles. The van der Waals surface area contributed by atoms with Crippen molar-refractivity contribution >= 4 is 11.9 Å². The normalized spacial score (nSPS) is 11.9. The summed E-state index contributed by atoms with van der Waals surface area (Å²) in [5.41, 5.74) is 2.30. The average molecular weight is 354 g/mol. The number of carboxylic acids is 2. The van der Waals surface area contributed by atoms with Crippen LogP contribution in [0.25, 0.3) is 0 Å². The van der Waals surface area contributed by atoms with Gasteiger partial charge in [-0.05, 0) is 35.7 Å². The molecule has 0 spiro atoms. The maximum absolute atomic E-state index is 11.6. The molecule has 0 radical (unpaired) electrons. The highest BCUT2D eigenvalue weighted by molar-refractivity contribution is 5.90. The molecule has 0 aliphatic carbocycles. The Bertz CT molecular complexity index is 734. The lowest BCUT2D eigenvalue weighted by Gasteiger charge is -2.20. The zero-order valence-electron chi connectivity index (χ0n) is 15.1. The molecule has 0 bridgehead atoms. The molecule has 0 aliphatic heterocycles. The van der Waals surface area contributed by atoms with Gasteiger partial charge in [0, 0.05) is 5.92 Å². The van der Waals surface area contributed by atoms with Gasteiger partial charge in [0.2, 0.25) is 0 Å². The van der Waals surface area contributed by atoms with Crippen molar-refractivity contribution in [2.75, 3.05) is 0 Å². The quantitative estimate of drug-likeness (QED) is 0.547. The van der Waals surface area contributed by atoms with E-state index in [4.69, 9.17) is 5.11 Å². The fourth-order valence-electron chi connectivity index (χ4n) is 3.31. The van der Waals surface area contributed by atoms with Crippen LogP contribution in [0.3, 0.4) is 0 Å². The van der Waals surface area contributed by atoms with E-state index in [1.165, 1.54) is 19.3 Å². The number of hydrogen-bond acceptors (Lipinski definition) is 2. The fraction of sp³-hybridized carbons (Fsp3) is 0.364. The van der Waals surface area contributed by atoms with Gasteiger partial charge >= 0.3 is 11.9 Å². The van der Waals surface area contributed by atoms with Crippen molar-refractivity contribution in [3.63, 3.8) is 0 Å². The van der Waals surface area contributed by atoms with E-state index >= 15 is 0 Å². The van der Waals surface area contributed by atoms with Crippen LogP contribution >= 0.6 is 0 Å². The smallest absolute Gasteiger partial charge is 0.335 e. The Hall–Kier alpha value is -2.62. The molecule has 0 heterocycles. The summed E-state index contributed by atoms with van der Waals surface area (Å²) in [5.74, 6) is -1.94. The molecule has 1 atom stereocenters. The van der Waals surface area contributed by atoms with Crippen LogP contribution in [0, 0.1) is 0 Å². The third-order valence-electron chi connectivity index (χ3n) is 4.72. The van der Waals surface area contributed by atoms with E-state index in [1.54, 1.807) is 36.4 Å². The highest BCUT2D eigenvalue weighted by atomic mass is 16.4. The lowest BCUT2D eigenvalue weighted by atomic mass is 9.84. The van der Waals surface area contributed by atoms with Crippen LogP contribution in [0.5, 0.6) is 0 Å². The maximum atomic E-state index is 11.6. The van der Waals surface area contributed by atoms with Crippen molar-refractivity contribution < 1.29 is 19.8 Å². The van der Waals surface area contributed by atoms with Gasteiger partial charge in [-0.1, -0.05) is 69.4 Å². The molecule has 2 aromatic rings. The molecule has 2 N–H and O–H groups in total. The second-order valence-corrected chi connectivity index (χ2v) is 6.58. The van der Waals surface area contributed by atoms with Crippen LogP contribution in [0.15, 0.2) is 48.5 Å². The zero-order chi connectivity index (χ0) is 18.9. The summed E-state index contributed by atoms with van der Waals surface area (Å²) in [6.07, 6.45) is 6.56. The van der Waals surface area contributed by atoms with Crippen LogP contribution < -0.4 is 0 Å². The number of aromatic carboxylic acids is 2. The minimum Gasteiger partial charge on any atom is -0.478 e. The Morgan fingerprint density at radius 1 is 0.846 bits per heavy atom. The van der Waals surface area contributed by atoms with Crippen LogP contribution in [0.4, 0.5) is 0 Å². The van der Waals surface area contributed by atoms with E-state index in [1.807, 2.05) is 12.1 Å². The SMILES string of the molecule is CCCCCCCC(c1ccc(C(=O)O)cc1)c1ccccc1C(=O)O. The molecule has 0 saturated carbocycles.